The lowest BCUT2D eigenvalue weighted by atomic mass is 9.68. The molecule has 3 atom stereocenters. The fourth-order valence-corrected chi connectivity index (χ4v) is 3.32. The predicted molar refractivity (Wildman–Crippen MR) is 77.2 cm³/mol. The van der Waals surface area contributed by atoms with Gasteiger partial charge in [0.25, 0.3) is 0 Å². The smallest absolute Gasteiger partial charge is 0.403 e. The lowest BCUT2D eigenvalue weighted by molar-refractivity contribution is 0.00578. The Balaban J connectivity index is 1.64. The molecule has 1 saturated heterocycles. The molecule has 5 heteroatoms. The maximum Gasteiger partial charge on any atom is 0.460 e. The summed E-state index contributed by atoms with van der Waals surface area (Å²) in [5, 5.41) is 6.50. The second-order valence-corrected chi connectivity index (χ2v) is 7.58. The normalized spacial score (nSPS) is 39.6. The molecule has 2 fully saturated rings. The van der Waals surface area contributed by atoms with E-state index in [1.807, 2.05) is 0 Å². The maximum atomic E-state index is 6.15. The zero-order valence-electron chi connectivity index (χ0n) is 12.9. The highest BCUT2D eigenvalue weighted by molar-refractivity contribution is 6.47. The zero-order valence-corrected chi connectivity index (χ0v) is 12.9. The van der Waals surface area contributed by atoms with Crippen LogP contribution in [0.4, 0.5) is 0 Å². The van der Waals surface area contributed by atoms with Gasteiger partial charge in [0.1, 0.15) is 0 Å². The molecule has 0 radical (unpaired) electrons. The van der Waals surface area contributed by atoms with Crippen LogP contribution in [-0.4, -0.2) is 42.6 Å². The summed E-state index contributed by atoms with van der Waals surface area (Å²) in [5.74, 6) is 0.393. The summed E-state index contributed by atoms with van der Waals surface area (Å²) in [6.07, 6.45) is 4.47. The quantitative estimate of drug-likeness (QED) is 0.734. The Hall–Kier alpha value is -0.545. The molecule has 3 aliphatic rings. The van der Waals surface area contributed by atoms with Gasteiger partial charge in [0, 0.05) is 18.7 Å². The third-order valence-corrected chi connectivity index (χ3v) is 5.46. The maximum absolute atomic E-state index is 6.15. The molecule has 0 bridgehead atoms. The van der Waals surface area contributed by atoms with E-state index in [1.165, 1.54) is 6.42 Å². The van der Waals surface area contributed by atoms with Crippen molar-refractivity contribution >= 4 is 13.3 Å². The van der Waals surface area contributed by atoms with Crippen molar-refractivity contribution in [1.29, 1.82) is 0 Å². The minimum atomic E-state index is -0.229. The van der Waals surface area contributed by atoms with Gasteiger partial charge in [0.2, 0.25) is 0 Å². The van der Waals surface area contributed by atoms with Crippen LogP contribution in [0.3, 0.4) is 0 Å². The van der Waals surface area contributed by atoms with Crippen molar-refractivity contribution in [1.82, 2.24) is 5.01 Å². The van der Waals surface area contributed by atoms with E-state index < -0.39 is 0 Å². The molecular weight excluding hydrogens is 239 g/mol. The Morgan fingerprint density at radius 3 is 2.32 bits per heavy atom. The molecule has 0 aromatic rings. The van der Waals surface area contributed by atoms with Gasteiger partial charge in [-0.15, -0.1) is 0 Å². The van der Waals surface area contributed by atoms with Crippen LogP contribution in [0.1, 0.15) is 47.5 Å². The first-order chi connectivity index (χ1) is 8.67. The molecule has 3 rings (SSSR count). The average Bonchev–Trinajstić information content (AvgIpc) is 2.83. The Morgan fingerprint density at radius 1 is 1.32 bits per heavy atom. The van der Waals surface area contributed by atoms with E-state index in [9.17, 15) is 0 Å². The van der Waals surface area contributed by atoms with Gasteiger partial charge in [-0.1, -0.05) is 6.92 Å². The van der Waals surface area contributed by atoms with Crippen molar-refractivity contribution < 1.29 is 9.31 Å². The minimum Gasteiger partial charge on any atom is -0.403 e. The van der Waals surface area contributed by atoms with Crippen molar-refractivity contribution in [2.75, 3.05) is 7.05 Å². The molecule has 0 aromatic heterocycles. The van der Waals surface area contributed by atoms with E-state index in [1.54, 1.807) is 0 Å². The molecule has 106 valence electrons. The van der Waals surface area contributed by atoms with E-state index in [-0.39, 0.29) is 23.7 Å². The fourth-order valence-electron chi connectivity index (χ4n) is 3.32. The van der Waals surface area contributed by atoms with Crippen LogP contribution in [-0.2, 0) is 9.31 Å². The SMILES string of the molecule is CC(C[C@@]12C=NN(C)C1C2)B1OC(C)(C)C(C)(C)O1. The van der Waals surface area contributed by atoms with E-state index in [4.69, 9.17) is 9.31 Å². The number of hydrazone groups is 1. The number of rotatable bonds is 3. The van der Waals surface area contributed by atoms with Crippen molar-refractivity contribution in [2.45, 2.75) is 70.5 Å². The largest absolute Gasteiger partial charge is 0.460 e. The van der Waals surface area contributed by atoms with E-state index in [2.05, 4.69) is 58.0 Å². The van der Waals surface area contributed by atoms with Gasteiger partial charge in [-0.3, -0.25) is 5.01 Å². The summed E-state index contributed by atoms with van der Waals surface area (Å²) >= 11 is 0. The second-order valence-electron chi connectivity index (χ2n) is 7.58. The minimum absolute atomic E-state index is 0.0973. The van der Waals surface area contributed by atoms with Crippen LogP contribution < -0.4 is 0 Å². The van der Waals surface area contributed by atoms with Crippen LogP contribution in [0.25, 0.3) is 0 Å². The van der Waals surface area contributed by atoms with Gasteiger partial charge in [0.15, 0.2) is 0 Å². The van der Waals surface area contributed by atoms with Crippen LogP contribution in [0.5, 0.6) is 0 Å². The Kier molecular flexibility index (Phi) is 2.66. The van der Waals surface area contributed by atoms with Crippen molar-refractivity contribution in [2.24, 2.45) is 10.5 Å². The summed E-state index contributed by atoms with van der Waals surface area (Å²) in [5.41, 5.74) is -0.169. The molecule has 0 N–H and O–H groups in total. The summed E-state index contributed by atoms with van der Waals surface area (Å²) < 4.78 is 12.3. The molecule has 2 heterocycles. The molecule has 4 nitrogen and oxygen atoms in total. The molecule has 0 amide bonds. The number of fused-ring (bicyclic) bond motifs is 1. The summed E-state index contributed by atoms with van der Waals surface area (Å²) in [7, 11) is 1.97. The first kappa shape index (κ1) is 13.4. The lowest BCUT2D eigenvalue weighted by Crippen LogP contribution is -2.41. The number of hydrogen-bond donors (Lipinski definition) is 0. The first-order valence-electron chi connectivity index (χ1n) is 7.30. The lowest BCUT2D eigenvalue weighted by Gasteiger charge is -2.32. The fraction of sp³-hybridized carbons (Fsp3) is 0.929. The predicted octanol–water partition coefficient (Wildman–Crippen LogP) is 2.55. The summed E-state index contributed by atoms with van der Waals surface area (Å²) in [4.78, 5) is 0. The highest BCUT2D eigenvalue weighted by atomic mass is 16.7. The molecule has 1 saturated carbocycles. The molecule has 2 aliphatic heterocycles. The molecule has 0 spiro atoms. The first-order valence-corrected chi connectivity index (χ1v) is 7.30. The second kappa shape index (κ2) is 3.76. The van der Waals surface area contributed by atoms with Crippen molar-refractivity contribution in [3.05, 3.63) is 0 Å². The molecule has 2 unspecified atom stereocenters. The van der Waals surface area contributed by atoms with Crippen molar-refractivity contribution in [3.63, 3.8) is 0 Å². The topological polar surface area (TPSA) is 34.1 Å². The molecule has 19 heavy (non-hydrogen) atoms. The Labute approximate surface area is 116 Å². The number of nitrogens with zero attached hydrogens (tertiary/aromatic N) is 2. The van der Waals surface area contributed by atoms with Crippen LogP contribution in [0, 0.1) is 5.41 Å². The molecule has 1 aliphatic carbocycles. The van der Waals surface area contributed by atoms with Crippen LogP contribution in [0.2, 0.25) is 5.82 Å². The Morgan fingerprint density at radius 2 is 1.89 bits per heavy atom. The van der Waals surface area contributed by atoms with Gasteiger partial charge in [-0.2, -0.15) is 5.10 Å². The van der Waals surface area contributed by atoms with Crippen molar-refractivity contribution in [3.8, 4) is 0 Å². The van der Waals surface area contributed by atoms with Crippen LogP contribution in [0.15, 0.2) is 5.10 Å². The standard InChI is InChI=1S/C14H25BN2O2/c1-10(7-14-8-11(14)17(6)16-9-14)15-18-12(2,3)13(4,5)19-15/h9-11H,7-8H2,1-6H3/t10?,11?,14-/m1/s1. The van der Waals surface area contributed by atoms with Crippen LogP contribution >= 0.6 is 0 Å². The summed E-state index contributed by atoms with van der Waals surface area (Å²) in [6, 6.07) is 0.609. The molecular formula is C14H25BN2O2. The zero-order chi connectivity index (χ0) is 14.1. The highest BCUT2D eigenvalue weighted by Gasteiger charge is 2.61. The molecule has 0 aromatic carbocycles. The van der Waals surface area contributed by atoms with Gasteiger partial charge in [0.05, 0.1) is 17.2 Å². The third kappa shape index (κ3) is 1.93. The average molecular weight is 264 g/mol. The summed E-state index contributed by atoms with van der Waals surface area (Å²) in [6.45, 7) is 10.7. The van der Waals surface area contributed by atoms with E-state index in [0.717, 1.165) is 6.42 Å². The van der Waals surface area contributed by atoms with E-state index in [0.29, 0.717) is 11.9 Å². The van der Waals surface area contributed by atoms with Gasteiger partial charge in [-0.05, 0) is 46.4 Å². The highest BCUT2D eigenvalue weighted by Crippen LogP contribution is 2.57. The van der Waals surface area contributed by atoms with Gasteiger partial charge >= 0.3 is 7.12 Å². The monoisotopic (exact) mass is 264 g/mol. The van der Waals surface area contributed by atoms with E-state index >= 15 is 0 Å². The van der Waals surface area contributed by atoms with Gasteiger partial charge < -0.3 is 9.31 Å². The number of hydrogen-bond acceptors (Lipinski definition) is 4. The third-order valence-electron chi connectivity index (χ3n) is 5.46. The Bertz CT molecular complexity index is 408. The van der Waals surface area contributed by atoms with Gasteiger partial charge in [-0.25, -0.2) is 0 Å².